The van der Waals surface area contributed by atoms with Gasteiger partial charge >= 0.3 is 17.9 Å². The van der Waals surface area contributed by atoms with E-state index in [0.717, 1.165) is 11.0 Å². The molecule has 4 rings (SSSR count). The number of alkyl halides is 3. The number of nitro groups is 1. The first kappa shape index (κ1) is 32.3. The molecule has 3 aromatic carbocycles. The van der Waals surface area contributed by atoms with Gasteiger partial charge in [-0.1, -0.05) is 6.08 Å². The number of carbonyl (C=O) groups excluding carboxylic acids is 3. The molecule has 234 valence electrons. The molecule has 0 atom stereocenters. The van der Waals surface area contributed by atoms with E-state index in [1.54, 1.807) is 26.0 Å². The average Bonchev–Trinajstić information content (AvgIpc) is 2.97. The van der Waals surface area contributed by atoms with Crippen molar-refractivity contribution in [2.75, 3.05) is 18.1 Å². The molecule has 3 aromatic rings. The predicted octanol–water partition coefficient (Wildman–Crippen LogP) is 6.60. The Morgan fingerprint density at radius 3 is 2.27 bits per heavy atom. The number of rotatable bonds is 11. The Kier molecular flexibility index (Phi) is 9.55. The zero-order valence-corrected chi connectivity index (χ0v) is 24.0. The van der Waals surface area contributed by atoms with Crippen LogP contribution in [-0.4, -0.2) is 36.0 Å². The molecule has 0 spiro atoms. The van der Waals surface area contributed by atoms with Crippen molar-refractivity contribution < 1.29 is 46.7 Å². The molecular weight excluding hydrogens is 599 g/mol. The van der Waals surface area contributed by atoms with Gasteiger partial charge in [-0.15, -0.1) is 6.58 Å². The maximum Gasteiger partial charge on any atom is 0.416 e. The van der Waals surface area contributed by atoms with Crippen molar-refractivity contribution in [1.29, 1.82) is 0 Å². The van der Waals surface area contributed by atoms with Crippen LogP contribution in [0.1, 0.15) is 30.5 Å². The molecule has 45 heavy (non-hydrogen) atoms. The smallest absolute Gasteiger partial charge is 0.416 e. The van der Waals surface area contributed by atoms with Crippen LogP contribution in [-0.2, 0) is 22.2 Å². The highest BCUT2D eigenvalue weighted by atomic mass is 19.4. The summed E-state index contributed by atoms with van der Waals surface area (Å²) in [6.45, 7) is 7.62. The van der Waals surface area contributed by atoms with Crippen molar-refractivity contribution in [3.63, 3.8) is 0 Å². The van der Waals surface area contributed by atoms with Gasteiger partial charge in [-0.2, -0.15) is 13.2 Å². The van der Waals surface area contributed by atoms with E-state index in [1.165, 1.54) is 36.4 Å². The van der Waals surface area contributed by atoms with Crippen LogP contribution in [0.15, 0.2) is 72.8 Å². The molecule has 1 saturated heterocycles. The monoisotopic (exact) mass is 625 g/mol. The minimum absolute atomic E-state index is 0.0148. The van der Waals surface area contributed by atoms with Gasteiger partial charge in [0.15, 0.2) is 11.5 Å². The molecule has 0 aromatic heterocycles. The highest BCUT2D eigenvalue weighted by Crippen LogP contribution is 2.42. The molecule has 14 heteroatoms. The summed E-state index contributed by atoms with van der Waals surface area (Å²) in [5, 5.41) is 13.8. The SMILES string of the molecule is C=CCc1cc(/C=C2\C(=O)NC(=O)N(c3ccc(OCC)cc3)C2=O)cc(OCC)c1Oc1ccc(C(F)(F)F)cc1[N+](=O)[O-]. The predicted molar refractivity (Wildman–Crippen MR) is 156 cm³/mol. The van der Waals surface area contributed by atoms with Gasteiger partial charge in [-0.25, -0.2) is 9.69 Å². The molecule has 0 bridgehead atoms. The standard InChI is InChI=1S/C31H26F3N3O8/c1-4-7-19-14-18(15-23-28(38)35-30(40)36(29(23)39)21-9-11-22(12-10-21)43-5-2)16-26(44-6-3)27(19)45-25-13-8-20(31(32,33)34)17-24(25)37(41)42/h4,8-17H,1,5-7H2,2-3H3,(H,35,38,40)/b23-15+. The zero-order valence-electron chi connectivity index (χ0n) is 24.0. The van der Waals surface area contributed by atoms with Crippen LogP contribution < -0.4 is 24.4 Å². The fourth-order valence-corrected chi connectivity index (χ4v) is 4.40. The van der Waals surface area contributed by atoms with Gasteiger partial charge in [0, 0.05) is 11.6 Å². The topological polar surface area (TPSA) is 137 Å². The van der Waals surface area contributed by atoms with Gasteiger partial charge in [0.2, 0.25) is 5.75 Å². The molecule has 11 nitrogen and oxygen atoms in total. The Balaban J connectivity index is 1.77. The lowest BCUT2D eigenvalue weighted by atomic mass is 10.0. The number of halogens is 3. The van der Waals surface area contributed by atoms with Crippen molar-refractivity contribution in [2.45, 2.75) is 26.4 Å². The highest BCUT2D eigenvalue weighted by molar-refractivity contribution is 6.39. The molecule has 4 amide bonds. The summed E-state index contributed by atoms with van der Waals surface area (Å²) in [5.74, 6) is -1.85. The van der Waals surface area contributed by atoms with E-state index in [0.29, 0.717) is 30.1 Å². The lowest BCUT2D eigenvalue weighted by Crippen LogP contribution is -2.54. The summed E-state index contributed by atoms with van der Waals surface area (Å²) < 4.78 is 56.5. The quantitative estimate of drug-likeness (QED) is 0.0828. The fraction of sp³-hybridized carbons (Fsp3) is 0.194. The lowest BCUT2D eigenvalue weighted by molar-refractivity contribution is -0.385. The van der Waals surface area contributed by atoms with E-state index in [2.05, 4.69) is 11.9 Å². The molecule has 0 radical (unpaired) electrons. The first-order chi connectivity index (χ1) is 21.4. The number of imide groups is 2. The van der Waals surface area contributed by atoms with Crippen molar-refractivity contribution in [2.24, 2.45) is 0 Å². The van der Waals surface area contributed by atoms with E-state index in [-0.39, 0.29) is 41.4 Å². The summed E-state index contributed by atoms with van der Waals surface area (Å²) in [6.07, 6.45) is -2.03. The second-order valence-corrected chi connectivity index (χ2v) is 9.36. The number of amides is 4. The number of hydrogen-bond donors (Lipinski definition) is 1. The lowest BCUT2D eigenvalue weighted by Gasteiger charge is -2.26. The normalized spacial score (nSPS) is 14.3. The van der Waals surface area contributed by atoms with Gasteiger partial charge < -0.3 is 14.2 Å². The van der Waals surface area contributed by atoms with Crippen molar-refractivity contribution >= 4 is 35.3 Å². The number of barbiturate groups is 1. The number of anilines is 1. The number of allylic oxidation sites excluding steroid dienone is 1. The Labute approximate surface area is 254 Å². The van der Waals surface area contributed by atoms with Crippen LogP contribution in [0.2, 0.25) is 0 Å². The van der Waals surface area contributed by atoms with Crippen LogP contribution in [0.25, 0.3) is 6.08 Å². The minimum atomic E-state index is -4.82. The highest BCUT2D eigenvalue weighted by Gasteiger charge is 2.37. The second kappa shape index (κ2) is 13.3. The van der Waals surface area contributed by atoms with Crippen LogP contribution in [0.5, 0.6) is 23.0 Å². The second-order valence-electron chi connectivity index (χ2n) is 9.36. The summed E-state index contributed by atoms with van der Waals surface area (Å²) in [7, 11) is 0. The van der Waals surface area contributed by atoms with Gasteiger partial charge in [-0.3, -0.25) is 25.0 Å². The number of carbonyl (C=O) groups is 3. The van der Waals surface area contributed by atoms with E-state index in [4.69, 9.17) is 14.2 Å². The number of urea groups is 1. The summed E-state index contributed by atoms with van der Waals surface area (Å²) in [6, 6.07) is 9.87. The largest absolute Gasteiger partial charge is 0.494 e. The first-order valence-electron chi connectivity index (χ1n) is 13.5. The first-order valence-corrected chi connectivity index (χ1v) is 13.5. The molecule has 0 unspecified atom stereocenters. The molecule has 1 heterocycles. The third-order valence-corrected chi connectivity index (χ3v) is 6.33. The van der Waals surface area contributed by atoms with Crippen LogP contribution >= 0.6 is 0 Å². The van der Waals surface area contributed by atoms with E-state index in [1.807, 2.05) is 0 Å². The van der Waals surface area contributed by atoms with E-state index >= 15 is 0 Å². The number of benzene rings is 3. The van der Waals surface area contributed by atoms with Crippen LogP contribution in [0.4, 0.5) is 29.3 Å². The Hall–Kier alpha value is -5.66. The Morgan fingerprint density at radius 2 is 1.67 bits per heavy atom. The third kappa shape index (κ3) is 7.12. The zero-order chi connectivity index (χ0) is 32.9. The molecule has 1 aliphatic rings. The Bertz CT molecular complexity index is 1700. The molecule has 1 fully saturated rings. The van der Waals surface area contributed by atoms with Gasteiger partial charge in [0.1, 0.15) is 11.3 Å². The summed E-state index contributed by atoms with van der Waals surface area (Å²) in [4.78, 5) is 50.3. The molecule has 0 aliphatic carbocycles. The average molecular weight is 626 g/mol. The number of nitrogens with zero attached hydrogens (tertiary/aromatic N) is 2. The van der Waals surface area contributed by atoms with Crippen LogP contribution in [0, 0.1) is 10.1 Å². The summed E-state index contributed by atoms with van der Waals surface area (Å²) in [5.41, 5.74) is -1.78. The molecule has 1 aliphatic heterocycles. The Morgan fingerprint density at radius 1 is 0.978 bits per heavy atom. The fourth-order valence-electron chi connectivity index (χ4n) is 4.40. The summed E-state index contributed by atoms with van der Waals surface area (Å²) >= 11 is 0. The van der Waals surface area contributed by atoms with E-state index < -0.39 is 45.9 Å². The third-order valence-electron chi connectivity index (χ3n) is 6.33. The number of nitrogens with one attached hydrogen (secondary N) is 1. The molecule has 1 N–H and O–H groups in total. The molecular formula is C31H26F3N3O8. The van der Waals surface area contributed by atoms with Gasteiger partial charge in [0.05, 0.1) is 29.4 Å². The maximum atomic E-state index is 13.4. The van der Waals surface area contributed by atoms with Gasteiger partial charge in [0.25, 0.3) is 11.8 Å². The maximum absolute atomic E-state index is 13.4. The molecule has 0 saturated carbocycles. The van der Waals surface area contributed by atoms with Gasteiger partial charge in [-0.05, 0) is 80.4 Å². The van der Waals surface area contributed by atoms with Crippen molar-refractivity contribution in [3.05, 3.63) is 99.6 Å². The number of hydrogen-bond acceptors (Lipinski definition) is 8. The van der Waals surface area contributed by atoms with Crippen LogP contribution in [0.3, 0.4) is 0 Å². The van der Waals surface area contributed by atoms with E-state index in [9.17, 15) is 37.7 Å². The number of nitro benzene ring substituents is 1. The number of ether oxygens (including phenoxy) is 3. The minimum Gasteiger partial charge on any atom is -0.494 e. The van der Waals surface area contributed by atoms with Crippen molar-refractivity contribution in [3.8, 4) is 23.0 Å². The van der Waals surface area contributed by atoms with Crippen molar-refractivity contribution in [1.82, 2.24) is 5.32 Å².